The molecular formula is C14H12BrFOS. The fourth-order valence-corrected chi connectivity index (χ4v) is 3.14. The first-order valence-corrected chi connectivity index (χ1v) is 7.32. The van der Waals surface area contributed by atoms with Crippen LogP contribution in [0.3, 0.4) is 0 Å². The molecule has 0 saturated carbocycles. The molecule has 0 N–H and O–H groups in total. The SMILES string of the molecule is CCc1ccsc1C(=O)Cc1cc(Br)ccc1F. The van der Waals surface area contributed by atoms with Crippen molar-refractivity contribution in [1.82, 2.24) is 0 Å². The maximum absolute atomic E-state index is 13.6. The summed E-state index contributed by atoms with van der Waals surface area (Å²) in [6, 6.07) is 6.62. The Morgan fingerprint density at radius 2 is 2.11 bits per heavy atom. The molecule has 0 saturated heterocycles. The van der Waals surface area contributed by atoms with Crippen LogP contribution < -0.4 is 0 Å². The normalized spacial score (nSPS) is 10.6. The van der Waals surface area contributed by atoms with Gasteiger partial charge in [-0.05, 0) is 47.2 Å². The van der Waals surface area contributed by atoms with Crippen LogP contribution >= 0.6 is 27.3 Å². The number of carbonyl (C=O) groups excluding carboxylic acids is 1. The van der Waals surface area contributed by atoms with Crippen LogP contribution in [0.1, 0.15) is 27.7 Å². The second kappa shape index (κ2) is 5.76. The summed E-state index contributed by atoms with van der Waals surface area (Å²) in [6.07, 6.45) is 0.935. The quantitative estimate of drug-likeness (QED) is 0.748. The topological polar surface area (TPSA) is 17.1 Å². The zero-order chi connectivity index (χ0) is 13.1. The number of Topliss-reactive ketones (excluding diaryl/α,β-unsaturated/α-hetero) is 1. The summed E-state index contributed by atoms with van der Waals surface area (Å²) in [6.45, 7) is 2.01. The van der Waals surface area contributed by atoms with Gasteiger partial charge in [0.15, 0.2) is 5.78 Å². The lowest BCUT2D eigenvalue weighted by molar-refractivity contribution is 0.0995. The number of thiophene rings is 1. The van der Waals surface area contributed by atoms with E-state index < -0.39 is 0 Å². The number of hydrogen-bond acceptors (Lipinski definition) is 2. The Kier molecular flexibility index (Phi) is 4.30. The molecule has 0 aliphatic heterocycles. The summed E-state index contributed by atoms with van der Waals surface area (Å²) < 4.78 is 14.4. The van der Waals surface area contributed by atoms with Crippen LogP contribution in [-0.4, -0.2) is 5.78 Å². The molecule has 1 heterocycles. The molecule has 0 amide bonds. The lowest BCUT2D eigenvalue weighted by Crippen LogP contribution is -2.05. The van der Waals surface area contributed by atoms with E-state index in [1.165, 1.54) is 17.4 Å². The van der Waals surface area contributed by atoms with Crippen molar-refractivity contribution in [3.63, 3.8) is 0 Å². The molecule has 94 valence electrons. The van der Waals surface area contributed by atoms with E-state index in [0.29, 0.717) is 5.56 Å². The second-order valence-electron chi connectivity index (χ2n) is 3.96. The summed E-state index contributed by atoms with van der Waals surface area (Å²) in [7, 11) is 0. The van der Waals surface area contributed by atoms with Gasteiger partial charge in [-0.15, -0.1) is 11.3 Å². The van der Waals surface area contributed by atoms with Crippen molar-refractivity contribution in [1.29, 1.82) is 0 Å². The molecule has 2 rings (SSSR count). The molecule has 1 nitrogen and oxygen atoms in total. The Balaban J connectivity index is 2.24. The van der Waals surface area contributed by atoms with E-state index in [9.17, 15) is 9.18 Å². The maximum Gasteiger partial charge on any atom is 0.177 e. The van der Waals surface area contributed by atoms with Crippen molar-refractivity contribution < 1.29 is 9.18 Å². The summed E-state index contributed by atoms with van der Waals surface area (Å²) in [5.41, 5.74) is 1.48. The summed E-state index contributed by atoms with van der Waals surface area (Å²) in [5.74, 6) is -0.347. The zero-order valence-electron chi connectivity index (χ0n) is 9.87. The fraction of sp³-hybridized carbons (Fsp3) is 0.214. The third-order valence-corrected chi connectivity index (χ3v) is 4.23. The Morgan fingerprint density at radius 1 is 1.33 bits per heavy atom. The maximum atomic E-state index is 13.6. The number of aryl methyl sites for hydroxylation is 1. The van der Waals surface area contributed by atoms with Crippen molar-refractivity contribution in [3.05, 3.63) is 55.9 Å². The van der Waals surface area contributed by atoms with Crippen molar-refractivity contribution in [2.75, 3.05) is 0 Å². The number of carbonyl (C=O) groups is 1. The van der Waals surface area contributed by atoms with E-state index in [2.05, 4.69) is 15.9 Å². The summed E-state index contributed by atoms with van der Waals surface area (Å²) in [4.78, 5) is 12.9. The Morgan fingerprint density at radius 3 is 2.83 bits per heavy atom. The number of ketones is 1. The van der Waals surface area contributed by atoms with Crippen molar-refractivity contribution >= 4 is 33.0 Å². The molecule has 1 aromatic heterocycles. The lowest BCUT2D eigenvalue weighted by Gasteiger charge is -2.04. The molecule has 1 aromatic carbocycles. The zero-order valence-corrected chi connectivity index (χ0v) is 12.3. The Bertz CT molecular complexity index is 577. The highest BCUT2D eigenvalue weighted by molar-refractivity contribution is 9.10. The van der Waals surface area contributed by atoms with Gasteiger partial charge in [0.2, 0.25) is 0 Å². The predicted molar refractivity (Wildman–Crippen MR) is 75.8 cm³/mol. The monoisotopic (exact) mass is 326 g/mol. The minimum absolute atomic E-state index is 0.0150. The van der Waals surface area contributed by atoms with E-state index in [1.54, 1.807) is 12.1 Å². The van der Waals surface area contributed by atoms with E-state index in [1.807, 2.05) is 18.4 Å². The first kappa shape index (κ1) is 13.4. The van der Waals surface area contributed by atoms with Crippen LogP contribution in [0, 0.1) is 5.82 Å². The van der Waals surface area contributed by atoms with E-state index >= 15 is 0 Å². The van der Waals surface area contributed by atoms with E-state index in [4.69, 9.17) is 0 Å². The highest BCUT2D eigenvalue weighted by Crippen LogP contribution is 2.22. The second-order valence-corrected chi connectivity index (χ2v) is 5.80. The van der Waals surface area contributed by atoms with Crippen LogP contribution in [0.25, 0.3) is 0 Å². The number of halogens is 2. The van der Waals surface area contributed by atoms with Crippen LogP contribution in [0.4, 0.5) is 4.39 Å². The fourth-order valence-electron chi connectivity index (χ4n) is 1.79. The first-order chi connectivity index (χ1) is 8.61. The molecule has 18 heavy (non-hydrogen) atoms. The Labute approximate surface area is 118 Å². The van der Waals surface area contributed by atoms with Crippen LogP contribution in [0.5, 0.6) is 0 Å². The van der Waals surface area contributed by atoms with E-state index in [0.717, 1.165) is 21.3 Å². The molecule has 0 atom stereocenters. The highest BCUT2D eigenvalue weighted by atomic mass is 79.9. The first-order valence-electron chi connectivity index (χ1n) is 5.65. The third-order valence-electron chi connectivity index (χ3n) is 2.74. The van der Waals surface area contributed by atoms with Crippen LogP contribution in [0.2, 0.25) is 0 Å². The van der Waals surface area contributed by atoms with Gasteiger partial charge in [-0.3, -0.25) is 4.79 Å². The largest absolute Gasteiger partial charge is 0.293 e. The van der Waals surface area contributed by atoms with Gasteiger partial charge < -0.3 is 0 Å². The third kappa shape index (κ3) is 2.87. The summed E-state index contributed by atoms with van der Waals surface area (Å²) in [5, 5.41) is 1.91. The molecule has 0 radical (unpaired) electrons. The van der Waals surface area contributed by atoms with Crippen LogP contribution in [-0.2, 0) is 12.8 Å². The van der Waals surface area contributed by atoms with Gasteiger partial charge in [0.05, 0.1) is 4.88 Å². The number of hydrogen-bond donors (Lipinski definition) is 0. The van der Waals surface area contributed by atoms with Gasteiger partial charge in [0.25, 0.3) is 0 Å². The van der Waals surface area contributed by atoms with Gasteiger partial charge >= 0.3 is 0 Å². The number of benzene rings is 1. The highest BCUT2D eigenvalue weighted by Gasteiger charge is 2.15. The predicted octanol–water partition coefficient (Wildman–Crippen LogP) is 4.64. The molecule has 0 unspecified atom stereocenters. The molecule has 0 aliphatic rings. The van der Waals surface area contributed by atoms with E-state index in [-0.39, 0.29) is 18.0 Å². The van der Waals surface area contributed by atoms with Gasteiger partial charge in [-0.25, -0.2) is 4.39 Å². The van der Waals surface area contributed by atoms with Gasteiger partial charge in [-0.2, -0.15) is 0 Å². The minimum Gasteiger partial charge on any atom is -0.293 e. The van der Waals surface area contributed by atoms with Crippen LogP contribution in [0.15, 0.2) is 34.1 Å². The molecular weight excluding hydrogens is 315 g/mol. The average Bonchev–Trinajstić information content (AvgIpc) is 2.82. The van der Waals surface area contributed by atoms with Crippen molar-refractivity contribution in [2.45, 2.75) is 19.8 Å². The van der Waals surface area contributed by atoms with Crippen molar-refractivity contribution in [2.24, 2.45) is 0 Å². The molecule has 0 aliphatic carbocycles. The molecule has 4 heteroatoms. The lowest BCUT2D eigenvalue weighted by atomic mass is 10.0. The Hall–Kier alpha value is -1.00. The number of rotatable bonds is 4. The molecule has 0 spiro atoms. The summed E-state index contributed by atoms with van der Waals surface area (Å²) >= 11 is 4.72. The molecule has 0 bridgehead atoms. The average molecular weight is 327 g/mol. The van der Waals surface area contributed by atoms with Crippen molar-refractivity contribution in [3.8, 4) is 0 Å². The van der Waals surface area contributed by atoms with Gasteiger partial charge in [0, 0.05) is 10.9 Å². The molecule has 2 aromatic rings. The standard InChI is InChI=1S/C14H12BrFOS/c1-2-9-5-6-18-14(9)13(17)8-10-7-11(15)3-4-12(10)16/h3-7H,2,8H2,1H3. The minimum atomic E-state index is -0.332. The van der Waals surface area contributed by atoms with Gasteiger partial charge in [0.1, 0.15) is 5.82 Å². The van der Waals surface area contributed by atoms with Gasteiger partial charge in [-0.1, -0.05) is 22.9 Å². The molecule has 0 fully saturated rings. The smallest absolute Gasteiger partial charge is 0.177 e.